The van der Waals surface area contributed by atoms with Crippen LogP contribution in [-0.2, 0) is 0 Å². The average molecular weight is 179 g/mol. The third kappa shape index (κ3) is 1.86. The Hall–Kier alpha value is -0.560. The molecule has 0 aromatic carbocycles. The molecule has 0 saturated heterocycles. The van der Waals surface area contributed by atoms with Crippen molar-refractivity contribution >= 4 is 0 Å². The molecule has 0 saturated carbocycles. The predicted octanol–water partition coefficient (Wildman–Crippen LogP) is 2.85. The molecule has 1 rings (SSSR count). The van der Waals surface area contributed by atoms with Crippen LogP contribution in [0.2, 0.25) is 0 Å². The summed E-state index contributed by atoms with van der Waals surface area (Å²) in [6, 6.07) is 0. The summed E-state index contributed by atoms with van der Waals surface area (Å²) in [7, 11) is 4.27. The molecule has 0 radical (unpaired) electrons. The van der Waals surface area contributed by atoms with Crippen LogP contribution in [0.5, 0.6) is 0 Å². The molecule has 13 heavy (non-hydrogen) atoms. The quantitative estimate of drug-likeness (QED) is 0.630. The first-order valence-electron chi connectivity index (χ1n) is 4.89. The molecule has 0 N–H and O–H groups in total. The first-order chi connectivity index (χ1) is 5.87. The lowest BCUT2D eigenvalue weighted by Gasteiger charge is -2.28. The van der Waals surface area contributed by atoms with Crippen molar-refractivity contribution in [3.8, 4) is 0 Å². The minimum Gasteiger partial charge on any atom is -0.308 e. The van der Waals surface area contributed by atoms with Crippen molar-refractivity contribution in [2.45, 2.75) is 27.7 Å². The zero-order chi connectivity index (χ0) is 10.2. The predicted molar refractivity (Wildman–Crippen MR) is 58.8 cm³/mol. The second-order valence-corrected chi connectivity index (χ2v) is 4.73. The first kappa shape index (κ1) is 10.5. The third-order valence-electron chi connectivity index (χ3n) is 3.19. The SMILES string of the molecule is CC1=CC(C)(CN(C)C)C(C)=C1C. The van der Waals surface area contributed by atoms with E-state index in [1.54, 1.807) is 0 Å². The van der Waals surface area contributed by atoms with E-state index in [1.165, 1.54) is 16.7 Å². The van der Waals surface area contributed by atoms with Gasteiger partial charge in [0.05, 0.1) is 0 Å². The molecule has 1 atom stereocenters. The molecule has 1 heteroatoms. The molecular weight excluding hydrogens is 158 g/mol. The molecule has 1 nitrogen and oxygen atoms in total. The van der Waals surface area contributed by atoms with Crippen molar-refractivity contribution in [2.75, 3.05) is 20.6 Å². The van der Waals surface area contributed by atoms with Gasteiger partial charge in [-0.15, -0.1) is 0 Å². The van der Waals surface area contributed by atoms with E-state index < -0.39 is 0 Å². The monoisotopic (exact) mass is 179 g/mol. The summed E-state index contributed by atoms with van der Waals surface area (Å²) in [4.78, 5) is 2.26. The van der Waals surface area contributed by atoms with Crippen LogP contribution in [0.25, 0.3) is 0 Å². The van der Waals surface area contributed by atoms with Crippen LogP contribution in [-0.4, -0.2) is 25.5 Å². The Morgan fingerprint density at radius 1 is 1.23 bits per heavy atom. The van der Waals surface area contributed by atoms with Gasteiger partial charge in [-0.25, -0.2) is 0 Å². The fourth-order valence-corrected chi connectivity index (χ4v) is 2.24. The van der Waals surface area contributed by atoms with Gasteiger partial charge in [0.1, 0.15) is 0 Å². The highest BCUT2D eigenvalue weighted by Gasteiger charge is 2.30. The van der Waals surface area contributed by atoms with Gasteiger partial charge in [-0.05, 0) is 40.4 Å². The largest absolute Gasteiger partial charge is 0.308 e. The second kappa shape index (κ2) is 3.30. The lowest BCUT2D eigenvalue weighted by molar-refractivity contribution is 0.310. The Bertz CT molecular complexity index is 271. The van der Waals surface area contributed by atoms with Crippen LogP contribution < -0.4 is 0 Å². The number of allylic oxidation sites excluding steroid dienone is 2. The Balaban J connectivity index is 2.95. The lowest BCUT2D eigenvalue weighted by Crippen LogP contribution is -2.29. The van der Waals surface area contributed by atoms with Crippen LogP contribution in [0.4, 0.5) is 0 Å². The van der Waals surface area contributed by atoms with Crippen LogP contribution in [0, 0.1) is 5.41 Å². The van der Waals surface area contributed by atoms with E-state index in [-0.39, 0.29) is 5.41 Å². The van der Waals surface area contributed by atoms with Gasteiger partial charge in [-0.3, -0.25) is 0 Å². The maximum absolute atomic E-state index is 2.40. The minimum absolute atomic E-state index is 0.262. The topological polar surface area (TPSA) is 3.24 Å². The van der Waals surface area contributed by atoms with Gasteiger partial charge in [0.25, 0.3) is 0 Å². The minimum atomic E-state index is 0.262. The van der Waals surface area contributed by atoms with Gasteiger partial charge >= 0.3 is 0 Å². The molecule has 0 amide bonds. The van der Waals surface area contributed by atoms with Crippen LogP contribution in [0.15, 0.2) is 22.8 Å². The number of rotatable bonds is 2. The van der Waals surface area contributed by atoms with Gasteiger partial charge in [-0.2, -0.15) is 0 Å². The van der Waals surface area contributed by atoms with Crippen molar-refractivity contribution < 1.29 is 0 Å². The standard InChI is InChI=1S/C12H21N/c1-9-7-12(4,8-13(5)6)11(3)10(9)2/h7H,8H2,1-6H3. The summed E-state index contributed by atoms with van der Waals surface area (Å²) in [6.45, 7) is 10.1. The molecule has 0 spiro atoms. The maximum Gasteiger partial charge on any atom is 0.0198 e. The van der Waals surface area contributed by atoms with E-state index in [0.717, 1.165) is 6.54 Å². The smallest absolute Gasteiger partial charge is 0.0198 e. The van der Waals surface area contributed by atoms with Gasteiger partial charge in [0.2, 0.25) is 0 Å². The Labute approximate surface area is 82.1 Å². The van der Waals surface area contributed by atoms with Crippen LogP contribution >= 0.6 is 0 Å². The highest BCUT2D eigenvalue weighted by molar-refractivity contribution is 5.45. The van der Waals surface area contributed by atoms with Crippen LogP contribution in [0.3, 0.4) is 0 Å². The zero-order valence-corrected chi connectivity index (χ0v) is 9.73. The molecule has 0 aliphatic heterocycles. The molecule has 0 heterocycles. The molecule has 1 aliphatic carbocycles. The fourth-order valence-electron chi connectivity index (χ4n) is 2.24. The van der Waals surface area contributed by atoms with Crippen LogP contribution in [0.1, 0.15) is 27.7 Å². The molecule has 1 aliphatic rings. The Morgan fingerprint density at radius 2 is 1.77 bits per heavy atom. The van der Waals surface area contributed by atoms with Crippen molar-refractivity contribution in [3.63, 3.8) is 0 Å². The number of hydrogen-bond donors (Lipinski definition) is 0. The van der Waals surface area contributed by atoms with Crippen molar-refractivity contribution in [2.24, 2.45) is 5.41 Å². The van der Waals surface area contributed by atoms with E-state index in [2.05, 4.69) is 52.8 Å². The summed E-state index contributed by atoms with van der Waals surface area (Å²) >= 11 is 0. The molecule has 0 fully saturated rings. The van der Waals surface area contributed by atoms with Crippen molar-refractivity contribution in [1.82, 2.24) is 4.90 Å². The fraction of sp³-hybridized carbons (Fsp3) is 0.667. The van der Waals surface area contributed by atoms with E-state index in [0.29, 0.717) is 0 Å². The first-order valence-corrected chi connectivity index (χ1v) is 4.89. The highest BCUT2D eigenvalue weighted by atomic mass is 15.1. The molecule has 0 aromatic rings. The van der Waals surface area contributed by atoms with E-state index in [1.807, 2.05) is 0 Å². The normalized spacial score (nSPS) is 28.7. The van der Waals surface area contributed by atoms with Gasteiger partial charge in [0, 0.05) is 12.0 Å². The number of nitrogens with zero attached hydrogens (tertiary/aromatic N) is 1. The Kier molecular flexibility index (Phi) is 2.67. The van der Waals surface area contributed by atoms with E-state index >= 15 is 0 Å². The summed E-state index contributed by atoms with van der Waals surface area (Å²) in [5, 5.41) is 0. The number of hydrogen-bond acceptors (Lipinski definition) is 1. The van der Waals surface area contributed by atoms with Gasteiger partial charge in [0.15, 0.2) is 0 Å². The average Bonchev–Trinajstić information content (AvgIpc) is 2.14. The molecule has 74 valence electrons. The Morgan fingerprint density at radius 3 is 2.08 bits per heavy atom. The molecule has 1 unspecified atom stereocenters. The van der Waals surface area contributed by atoms with E-state index in [4.69, 9.17) is 0 Å². The maximum atomic E-state index is 2.40. The van der Waals surface area contributed by atoms with Gasteiger partial charge in [-0.1, -0.05) is 24.1 Å². The summed E-state index contributed by atoms with van der Waals surface area (Å²) in [5.41, 5.74) is 4.71. The molecule has 0 aromatic heterocycles. The summed E-state index contributed by atoms with van der Waals surface area (Å²) < 4.78 is 0. The van der Waals surface area contributed by atoms with Gasteiger partial charge < -0.3 is 4.90 Å². The summed E-state index contributed by atoms with van der Waals surface area (Å²) in [6.07, 6.45) is 2.40. The lowest BCUT2D eigenvalue weighted by atomic mass is 9.84. The molecule has 0 bridgehead atoms. The van der Waals surface area contributed by atoms with Crippen molar-refractivity contribution in [3.05, 3.63) is 22.8 Å². The zero-order valence-electron chi connectivity index (χ0n) is 9.73. The van der Waals surface area contributed by atoms with Crippen molar-refractivity contribution in [1.29, 1.82) is 0 Å². The van der Waals surface area contributed by atoms with E-state index in [9.17, 15) is 0 Å². The summed E-state index contributed by atoms with van der Waals surface area (Å²) in [5.74, 6) is 0. The third-order valence-corrected chi connectivity index (χ3v) is 3.19. The highest BCUT2D eigenvalue weighted by Crippen LogP contribution is 2.40. The second-order valence-electron chi connectivity index (χ2n) is 4.73. The molecular formula is C12H21N.